The molecule has 2 atom stereocenters. The summed E-state index contributed by atoms with van der Waals surface area (Å²) < 4.78 is 35.2. The molecule has 12 nitrogen and oxygen atoms in total. The van der Waals surface area contributed by atoms with E-state index in [2.05, 4.69) is 20.7 Å². The van der Waals surface area contributed by atoms with Crippen LogP contribution in [-0.2, 0) is 21.4 Å². The first kappa shape index (κ1) is 33.3. The van der Waals surface area contributed by atoms with Gasteiger partial charge in [-0.2, -0.15) is 18.3 Å². The summed E-state index contributed by atoms with van der Waals surface area (Å²) in [7, 11) is 1.85. The predicted octanol–water partition coefficient (Wildman–Crippen LogP) is 5.47. The number of halogens is 4. The number of aryl methyl sites for hydroxylation is 1. The van der Waals surface area contributed by atoms with Gasteiger partial charge in [-0.3, -0.25) is 19.3 Å². The molecule has 0 unspecified atom stereocenters. The number of nitrogens with zero attached hydrogens (tertiary/aromatic N) is 7. The topological polar surface area (TPSA) is 148 Å². The van der Waals surface area contributed by atoms with Crippen molar-refractivity contribution in [3.8, 4) is 16.9 Å². The lowest BCUT2D eigenvalue weighted by Crippen LogP contribution is -2.38. The number of carbonyl (C=O) groups excluding carboxylic acids is 2. The third kappa shape index (κ3) is 7.51. The van der Waals surface area contributed by atoms with Crippen molar-refractivity contribution in [2.24, 2.45) is 13.0 Å². The molecule has 5 heterocycles. The van der Waals surface area contributed by atoms with Gasteiger partial charge in [-0.1, -0.05) is 30.2 Å². The molecule has 2 amide bonds. The van der Waals surface area contributed by atoms with E-state index in [1.54, 1.807) is 46.3 Å². The number of aromatic nitrogens is 6. The zero-order valence-electron chi connectivity index (χ0n) is 25.3. The van der Waals surface area contributed by atoms with Crippen LogP contribution in [0.25, 0.3) is 22.5 Å². The molecule has 3 aromatic heterocycles. The average molecular weight is 671 g/mol. The molecule has 0 saturated carbocycles. The molecule has 47 heavy (non-hydrogen) atoms. The second-order valence-electron chi connectivity index (χ2n) is 11.1. The Morgan fingerprint density at radius 1 is 1.13 bits per heavy atom. The molecule has 4 aromatic rings. The largest absolute Gasteiger partial charge is 0.490 e. The molecule has 2 bridgehead atoms. The molecule has 2 N–H and O–H groups in total. The van der Waals surface area contributed by atoms with E-state index in [1.807, 2.05) is 43.1 Å². The van der Waals surface area contributed by atoms with Gasteiger partial charge in [-0.25, -0.2) is 9.48 Å². The molecule has 16 heteroatoms. The minimum absolute atomic E-state index is 0.0352. The predicted molar refractivity (Wildman–Crippen MR) is 165 cm³/mol. The highest BCUT2D eigenvalue weighted by Gasteiger charge is 2.38. The number of carboxylic acid groups (broad SMARTS) is 1. The first-order chi connectivity index (χ1) is 22.3. The van der Waals surface area contributed by atoms with E-state index in [0.29, 0.717) is 36.5 Å². The molecule has 246 valence electrons. The van der Waals surface area contributed by atoms with Crippen LogP contribution >= 0.6 is 11.6 Å². The Kier molecular flexibility index (Phi) is 9.75. The van der Waals surface area contributed by atoms with Gasteiger partial charge in [0, 0.05) is 47.9 Å². The third-order valence-electron chi connectivity index (χ3n) is 7.95. The Bertz CT molecular complexity index is 1820. The number of nitrogens with one attached hydrogen (secondary N) is 1. The van der Waals surface area contributed by atoms with Gasteiger partial charge in [-0.15, -0.1) is 5.10 Å². The second-order valence-corrected chi connectivity index (χ2v) is 11.5. The molecule has 2 aliphatic rings. The van der Waals surface area contributed by atoms with Crippen LogP contribution in [0.4, 0.5) is 18.9 Å². The van der Waals surface area contributed by atoms with Crippen LogP contribution in [0.15, 0.2) is 61.2 Å². The van der Waals surface area contributed by atoms with Crippen LogP contribution in [0.5, 0.6) is 0 Å². The fourth-order valence-corrected chi connectivity index (χ4v) is 5.77. The smallest absolute Gasteiger partial charge is 0.475 e. The average Bonchev–Trinajstić information content (AvgIpc) is 3.69. The highest BCUT2D eigenvalue weighted by Crippen LogP contribution is 2.37. The number of carboxylic acids is 1. The Labute approximate surface area is 271 Å². The van der Waals surface area contributed by atoms with Gasteiger partial charge in [-0.05, 0) is 55.2 Å². The molecule has 6 rings (SSSR count). The van der Waals surface area contributed by atoms with Crippen molar-refractivity contribution in [1.82, 2.24) is 34.7 Å². The normalized spacial score (nSPS) is 18.5. The molecular weight excluding hydrogens is 641 g/mol. The summed E-state index contributed by atoms with van der Waals surface area (Å²) in [6, 6.07) is 9.24. The number of anilines is 1. The number of amides is 2. The van der Waals surface area contributed by atoms with Crippen molar-refractivity contribution in [3.63, 3.8) is 0 Å². The standard InChI is InChI=1S/C29H29ClN8O2.C2HF3O2/c1-18-4-3-5-26(23-14-20(8-10-31-23)28-24(34-29(18)40)17-33-36(28)2)37-12-9-19(15-27(37)39)22-16-21(30)6-7-25(22)38-13-11-32-35-38;3-2(4,5)1(6)7/h6-8,10-11,13-18,26H,3-5,9,12H2,1-2H3,(H,34,40);(H,6,7)/t18-,26+;/m1./s1. The first-order valence-corrected chi connectivity index (χ1v) is 15.0. The van der Waals surface area contributed by atoms with E-state index in [4.69, 9.17) is 26.5 Å². The summed E-state index contributed by atoms with van der Waals surface area (Å²) >= 11 is 6.36. The number of rotatable bonds is 3. The summed E-state index contributed by atoms with van der Waals surface area (Å²) in [4.78, 5) is 42.2. The summed E-state index contributed by atoms with van der Waals surface area (Å²) in [6.45, 7) is 2.46. The number of hydrogen-bond donors (Lipinski definition) is 2. The van der Waals surface area contributed by atoms with Crippen LogP contribution in [0.3, 0.4) is 0 Å². The number of fused-ring (bicyclic) bond motifs is 4. The lowest BCUT2D eigenvalue weighted by Gasteiger charge is -2.34. The second kappa shape index (κ2) is 13.7. The Balaban J connectivity index is 0.000000559. The molecule has 2 aliphatic heterocycles. The van der Waals surface area contributed by atoms with E-state index in [1.165, 1.54) is 0 Å². The number of hydrogen-bond acceptors (Lipinski definition) is 7. The Morgan fingerprint density at radius 3 is 2.57 bits per heavy atom. The van der Waals surface area contributed by atoms with Gasteiger partial charge in [0.15, 0.2) is 0 Å². The quantitative estimate of drug-likeness (QED) is 0.292. The van der Waals surface area contributed by atoms with Gasteiger partial charge in [0.1, 0.15) is 0 Å². The van der Waals surface area contributed by atoms with Gasteiger partial charge in [0.05, 0.1) is 47.4 Å². The van der Waals surface area contributed by atoms with E-state index >= 15 is 0 Å². The highest BCUT2D eigenvalue weighted by atomic mass is 35.5. The number of pyridine rings is 1. The molecule has 0 spiro atoms. The van der Waals surface area contributed by atoms with Crippen molar-refractivity contribution in [2.75, 3.05) is 11.9 Å². The van der Waals surface area contributed by atoms with Crippen LogP contribution in [-0.4, -0.2) is 70.3 Å². The maximum atomic E-state index is 13.7. The molecule has 0 saturated heterocycles. The minimum Gasteiger partial charge on any atom is -0.475 e. The number of benzene rings is 1. The van der Waals surface area contributed by atoms with Crippen LogP contribution in [0, 0.1) is 5.92 Å². The minimum atomic E-state index is -5.08. The summed E-state index contributed by atoms with van der Waals surface area (Å²) in [5, 5.41) is 23.2. The highest BCUT2D eigenvalue weighted by molar-refractivity contribution is 6.30. The van der Waals surface area contributed by atoms with Gasteiger partial charge < -0.3 is 15.3 Å². The maximum absolute atomic E-state index is 13.7. The fraction of sp³-hybridized carbons (Fsp3) is 0.323. The SMILES string of the molecule is C[C@@H]1CCC[C@H](N2CCC(c3cc(Cl)ccc3-n3ccnn3)=CC2=O)c2cc(ccn2)-c2c(cnn2C)NC1=O.O=C(O)C(F)(F)F. The first-order valence-electron chi connectivity index (χ1n) is 14.6. The van der Waals surface area contributed by atoms with Gasteiger partial charge in [0.2, 0.25) is 11.8 Å². The van der Waals surface area contributed by atoms with Crippen molar-refractivity contribution in [3.05, 3.63) is 77.5 Å². The van der Waals surface area contributed by atoms with E-state index in [9.17, 15) is 22.8 Å². The van der Waals surface area contributed by atoms with E-state index in [0.717, 1.165) is 40.2 Å². The summed E-state index contributed by atoms with van der Waals surface area (Å²) in [5.74, 6) is -3.05. The van der Waals surface area contributed by atoms with Crippen molar-refractivity contribution in [2.45, 2.75) is 44.8 Å². The maximum Gasteiger partial charge on any atom is 0.490 e. The van der Waals surface area contributed by atoms with E-state index in [-0.39, 0.29) is 23.8 Å². The van der Waals surface area contributed by atoms with Crippen molar-refractivity contribution < 1.29 is 32.7 Å². The number of carbonyl (C=O) groups is 3. The van der Waals surface area contributed by atoms with Gasteiger partial charge in [0.25, 0.3) is 0 Å². The molecule has 0 radical (unpaired) electrons. The molecule has 0 aliphatic carbocycles. The Hall–Kier alpha value is -5.05. The van der Waals surface area contributed by atoms with Crippen LogP contribution in [0.2, 0.25) is 5.02 Å². The monoisotopic (exact) mass is 670 g/mol. The number of alkyl halides is 3. The van der Waals surface area contributed by atoms with Crippen LogP contribution < -0.4 is 5.32 Å². The lowest BCUT2D eigenvalue weighted by molar-refractivity contribution is -0.192. The zero-order valence-corrected chi connectivity index (χ0v) is 26.0. The van der Waals surface area contributed by atoms with E-state index < -0.39 is 12.1 Å². The lowest BCUT2D eigenvalue weighted by atomic mass is 9.93. The fourth-order valence-electron chi connectivity index (χ4n) is 5.60. The third-order valence-corrected chi connectivity index (χ3v) is 8.19. The van der Waals surface area contributed by atoms with Crippen molar-refractivity contribution in [1.29, 1.82) is 0 Å². The summed E-state index contributed by atoms with van der Waals surface area (Å²) in [5.41, 5.74) is 5.74. The van der Waals surface area contributed by atoms with Crippen LogP contribution in [0.1, 0.15) is 49.9 Å². The number of aliphatic carboxylic acids is 1. The Morgan fingerprint density at radius 2 is 1.89 bits per heavy atom. The molecular formula is C31H30ClF3N8O4. The summed E-state index contributed by atoms with van der Waals surface area (Å²) in [6.07, 6.45) is 6.25. The molecule has 1 aromatic carbocycles. The zero-order chi connectivity index (χ0) is 33.9. The van der Waals surface area contributed by atoms with Crippen molar-refractivity contribution >= 4 is 40.6 Å². The van der Waals surface area contributed by atoms with Gasteiger partial charge >= 0.3 is 12.1 Å². The molecule has 0 fully saturated rings.